The predicted molar refractivity (Wildman–Crippen MR) is 128 cm³/mol. The number of nitrogens with zero attached hydrogens (tertiary/aromatic N) is 2. The molecule has 1 saturated heterocycles. The van der Waals surface area contributed by atoms with E-state index >= 15 is 0 Å². The lowest BCUT2D eigenvalue weighted by Crippen LogP contribution is -2.48. The molecule has 0 aliphatic carbocycles. The number of aryl methyl sites for hydroxylation is 2. The summed E-state index contributed by atoms with van der Waals surface area (Å²) in [5, 5.41) is 2.67. The summed E-state index contributed by atoms with van der Waals surface area (Å²) in [6.45, 7) is 4.57. The third-order valence-corrected chi connectivity index (χ3v) is 7.79. The zero-order chi connectivity index (χ0) is 24.5. The van der Waals surface area contributed by atoms with Gasteiger partial charge < -0.3 is 10.2 Å². The Labute approximate surface area is 197 Å². The second-order valence-corrected chi connectivity index (χ2v) is 10.2. The van der Waals surface area contributed by atoms with Crippen molar-refractivity contribution < 1.29 is 22.0 Å². The van der Waals surface area contributed by atoms with Crippen LogP contribution in [0.25, 0.3) is 0 Å². The Kier molecular flexibility index (Phi) is 6.67. The second kappa shape index (κ2) is 9.52. The van der Waals surface area contributed by atoms with Crippen LogP contribution in [0, 0.1) is 25.5 Å². The van der Waals surface area contributed by atoms with Crippen LogP contribution >= 0.6 is 0 Å². The summed E-state index contributed by atoms with van der Waals surface area (Å²) < 4.78 is 56.3. The Morgan fingerprint density at radius 1 is 0.882 bits per heavy atom. The first-order valence-corrected chi connectivity index (χ1v) is 12.3. The van der Waals surface area contributed by atoms with Gasteiger partial charge in [0.25, 0.3) is 5.91 Å². The number of piperazine rings is 1. The van der Waals surface area contributed by atoms with Crippen molar-refractivity contribution in [2.75, 3.05) is 36.4 Å². The van der Waals surface area contributed by atoms with Crippen molar-refractivity contribution >= 4 is 27.3 Å². The summed E-state index contributed by atoms with van der Waals surface area (Å²) >= 11 is 0. The maximum atomic E-state index is 14.5. The normalized spacial score (nSPS) is 14.8. The third kappa shape index (κ3) is 4.80. The SMILES string of the molecule is Cc1ccc(C)c(NC(=O)c2cc(S(=O)(=O)N3CCN(c4ccccc4F)CC3)ccc2F)c1. The van der Waals surface area contributed by atoms with Gasteiger partial charge in [-0.15, -0.1) is 0 Å². The molecule has 0 radical (unpaired) electrons. The number of carbonyl (C=O) groups excluding carboxylic acids is 1. The van der Waals surface area contributed by atoms with Gasteiger partial charge in [-0.25, -0.2) is 17.2 Å². The van der Waals surface area contributed by atoms with E-state index in [1.54, 1.807) is 29.2 Å². The van der Waals surface area contributed by atoms with Crippen LogP contribution in [0.15, 0.2) is 65.6 Å². The van der Waals surface area contributed by atoms with Crippen molar-refractivity contribution in [2.24, 2.45) is 0 Å². The van der Waals surface area contributed by atoms with E-state index in [1.165, 1.54) is 10.4 Å². The molecule has 1 fully saturated rings. The van der Waals surface area contributed by atoms with Crippen LogP contribution in [-0.4, -0.2) is 44.8 Å². The van der Waals surface area contributed by atoms with Crippen LogP contribution in [0.1, 0.15) is 21.5 Å². The van der Waals surface area contributed by atoms with Crippen molar-refractivity contribution in [3.63, 3.8) is 0 Å². The molecule has 178 valence electrons. The fourth-order valence-corrected chi connectivity index (χ4v) is 5.37. The first-order chi connectivity index (χ1) is 16.2. The van der Waals surface area contributed by atoms with Crippen LogP contribution in [0.3, 0.4) is 0 Å². The maximum Gasteiger partial charge on any atom is 0.258 e. The highest BCUT2D eigenvalue weighted by atomic mass is 32.2. The number of rotatable bonds is 5. The number of nitrogens with one attached hydrogen (secondary N) is 1. The molecular weight excluding hydrogens is 460 g/mol. The number of para-hydroxylation sites is 1. The summed E-state index contributed by atoms with van der Waals surface area (Å²) in [6, 6.07) is 15.0. The number of carbonyl (C=O) groups is 1. The molecule has 1 N–H and O–H groups in total. The zero-order valence-electron chi connectivity index (χ0n) is 18.9. The summed E-state index contributed by atoms with van der Waals surface area (Å²) in [7, 11) is -3.97. The Morgan fingerprint density at radius 3 is 2.29 bits per heavy atom. The minimum Gasteiger partial charge on any atom is -0.367 e. The summed E-state index contributed by atoms with van der Waals surface area (Å²) in [6.07, 6.45) is 0. The first-order valence-electron chi connectivity index (χ1n) is 10.8. The molecule has 0 atom stereocenters. The van der Waals surface area contributed by atoms with Crippen molar-refractivity contribution in [1.29, 1.82) is 0 Å². The summed E-state index contributed by atoms with van der Waals surface area (Å²) in [4.78, 5) is 14.4. The topological polar surface area (TPSA) is 69.7 Å². The molecule has 0 spiro atoms. The molecule has 34 heavy (non-hydrogen) atoms. The Bertz CT molecular complexity index is 1340. The molecule has 0 unspecified atom stereocenters. The Balaban J connectivity index is 1.53. The van der Waals surface area contributed by atoms with Gasteiger partial charge in [0, 0.05) is 31.9 Å². The molecule has 1 aliphatic rings. The van der Waals surface area contributed by atoms with Gasteiger partial charge in [0.15, 0.2) is 0 Å². The largest absolute Gasteiger partial charge is 0.367 e. The highest BCUT2D eigenvalue weighted by molar-refractivity contribution is 7.89. The van der Waals surface area contributed by atoms with Crippen LogP contribution in [0.5, 0.6) is 0 Å². The van der Waals surface area contributed by atoms with Crippen molar-refractivity contribution in [2.45, 2.75) is 18.7 Å². The number of hydrogen-bond acceptors (Lipinski definition) is 4. The van der Waals surface area contributed by atoms with Crippen LogP contribution in [-0.2, 0) is 10.0 Å². The smallest absolute Gasteiger partial charge is 0.258 e. The summed E-state index contributed by atoms with van der Waals surface area (Å²) in [5.74, 6) is -1.91. The molecule has 6 nitrogen and oxygen atoms in total. The van der Waals surface area contributed by atoms with E-state index < -0.39 is 21.7 Å². The Hall–Kier alpha value is -3.30. The Morgan fingerprint density at radius 2 is 1.59 bits per heavy atom. The number of hydrogen-bond donors (Lipinski definition) is 1. The number of halogens is 2. The summed E-state index contributed by atoms with van der Waals surface area (Å²) in [5.41, 5.74) is 2.32. The first kappa shape index (κ1) is 23.8. The van der Waals surface area contributed by atoms with Gasteiger partial charge in [0.2, 0.25) is 10.0 Å². The van der Waals surface area contributed by atoms with Gasteiger partial charge in [-0.05, 0) is 61.4 Å². The molecular formula is C25H25F2N3O3S. The third-order valence-electron chi connectivity index (χ3n) is 5.89. The second-order valence-electron chi connectivity index (χ2n) is 8.26. The standard InChI is InChI=1S/C25H25F2N3O3S/c1-17-7-8-18(2)23(15-17)28-25(31)20-16-19(9-10-21(20)26)34(32,33)30-13-11-29(12-14-30)24-6-4-3-5-22(24)27/h3-10,15-16H,11-14H2,1-2H3,(H,28,31). The van der Waals surface area contributed by atoms with E-state index in [4.69, 9.17) is 0 Å². The quantitative estimate of drug-likeness (QED) is 0.584. The van der Waals surface area contributed by atoms with Crippen molar-refractivity contribution in [1.82, 2.24) is 4.31 Å². The highest BCUT2D eigenvalue weighted by Crippen LogP contribution is 2.25. The average Bonchev–Trinajstić information content (AvgIpc) is 2.82. The minimum atomic E-state index is -3.97. The van der Waals surface area contributed by atoms with E-state index in [0.717, 1.165) is 29.3 Å². The van der Waals surface area contributed by atoms with Crippen molar-refractivity contribution in [3.8, 4) is 0 Å². The molecule has 0 bridgehead atoms. The lowest BCUT2D eigenvalue weighted by Gasteiger charge is -2.35. The van der Waals surface area contributed by atoms with E-state index in [9.17, 15) is 22.0 Å². The number of amides is 1. The minimum absolute atomic E-state index is 0.137. The lowest BCUT2D eigenvalue weighted by molar-refractivity contribution is 0.102. The maximum absolute atomic E-state index is 14.5. The van der Waals surface area contributed by atoms with E-state index in [0.29, 0.717) is 24.5 Å². The molecule has 0 aromatic heterocycles. The predicted octanol–water partition coefficient (Wildman–Crippen LogP) is 4.34. The van der Waals surface area contributed by atoms with Gasteiger partial charge in [-0.3, -0.25) is 4.79 Å². The monoisotopic (exact) mass is 485 g/mol. The highest BCUT2D eigenvalue weighted by Gasteiger charge is 2.30. The molecule has 9 heteroatoms. The zero-order valence-corrected chi connectivity index (χ0v) is 19.7. The number of sulfonamides is 1. The van der Waals surface area contributed by atoms with Crippen LogP contribution in [0.2, 0.25) is 0 Å². The molecule has 1 aliphatic heterocycles. The molecule has 1 amide bonds. The van der Waals surface area contributed by atoms with Crippen LogP contribution in [0.4, 0.5) is 20.2 Å². The number of benzene rings is 3. The van der Waals surface area contributed by atoms with E-state index in [1.807, 2.05) is 26.0 Å². The molecule has 3 aromatic rings. The van der Waals surface area contributed by atoms with Gasteiger partial charge in [-0.2, -0.15) is 4.31 Å². The van der Waals surface area contributed by atoms with Gasteiger partial charge >= 0.3 is 0 Å². The molecule has 1 heterocycles. The van der Waals surface area contributed by atoms with E-state index in [2.05, 4.69) is 5.32 Å². The van der Waals surface area contributed by atoms with Gasteiger partial charge in [0.05, 0.1) is 16.1 Å². The average molecular weight is 486 g/mol. The molecule has 0 saturated carbocycles. The van der Waals surface area contributed by atoms with Gasteiger partial charge in [-0.1, -0.05) is 24.3 Å². The van der Waals surface area contributed by atoms with Crippen LogP contribution < -0.4 is 10.2 Å². The lowest BCUT2D eigenvalue weighted by atomic mass is 10.1. The number of anilines is 2. The fourth-order valence-electron chi connectivity index (χ4n) is 3.93. The van der Waals surface area contributed by atoms with Crippen molar-refractivity contribution in [3.05, 3.63) is 89.0 Å². The van der Waals surface area contributed by atoms with Gasteiger partial charge in [0.1, 0.15) is 11.6 Å². The fraction of sp³-hybridized carbons (Fsp3) is 0.240. The van der Waals surface area contributed by atoms with E-state index in [-0.39, 0.29) is 29.4 Å². The molecule has 3 aromatic carbocycles. The molecule has 4 rings (SSSR count).